The quantitative estimate of drug-likeness (QED) is 0.874. The summed E-state index contributed by atoms with van der Waals surface area (Å²) in [5.74, 6) is -0.137. The average Bonchev–Trinajstić information content (AvgIpc) is 3.27. The van der Waals surface area contributed by atoms with Crippen molar-refractivity contribution >= 4 is 33.2 Å². The van der Waals surface area contributed by atoms with Gasteiger partial charge in [-0.2, -0.15) is 0 Å². The molecule has 2 atom stereocenters. The van der Waals surface area contributed by atoms with E-state index in [1.165, 1.54) is 0 Å². The molecule has 0 unspecified atom stereocenters. The molecule has 1 N–H and O–H groups in total. The summed E-state index contributed by atoms with van der Waals surface area (Å²) in [4.78, 5) is 0. The Morgan fingerprint density at radius 3 is 2.50 bits per heavy atom. The summed E-state index contributed by atoms with van der Waals surface area (Å²) in [6.45, 7) is 0.890. The first-order chi connectivity index (χ1) is 10.5. The molecule has 1 aliphatic heterocycles. The van der Waals surface area contributed by atoms with E-state index in [1.807, 2.05) is 0 Å². The highest BCUT2D eigenvalue weighted by Gasteiger charge is 2.39. The zero-order valence-corrected chi connectivity index (χ0v) is 14.4. The van der Waals surface area contributed by atoms with Gasteiger partial charge in [0, 0.05) is 28.6 Å². The van der Waals surface area contributed by atoms with E-state index < -0.39 is 15.3 Å². The Hall–Kier alpha value is -0.330. The Morgan fingerprint density at radius 2 is 1.86 bits per heavy atom. The van der Waals surface area contributed by atoms with Crippen LogP contribution in [0.25, 0.3) is 0 Å². The van der Waals surface area contributed by atoms with E-state index in [-0.39, 0.29) is 12.0 Å². The van der Waals surface area contributed by atoms with E-state index in [0.717, 1.165) is 18.4 Å². The Bertz CT molecular complexity index is 626. The summed E-state index contributed by atoms with van der Waals surface area (Å²) >= 11 is 12.4. The molecule has 122 valence electrons. The zero-order chi connectivity index (χ0) is 15.7. The maximum atomic E-state index is 12.6. The molecule has 2 aliphatic rings. The summed E-state index contributed by atoms with van der Waals surface area (Å²) in [5.41, 5.74) is 0.799. The summed E-state index contributed by atoms with van der Waals surface area (Å²) in [5, 5.41) is 0.697. The second-order valence-corrected chi connectivity index (χ2v) is 8.75. The predicted molar refractivity (Wildman–Crippen MR) is 88.0 cm³/mol. The maximum Gasteiger partial charge on any atom is 0.215 e. The highest BCUT2D eigenvalue weighted by Crippen LogP contribution is 2.32. The van der Waals surface area contributed by atoms with Crippen molar-refractivity contribution in [2.75, 3.05) is 13.2 Å². The van der Waals surface area contributed by atoms with Gasteiger partial charge in [-0.25, -0.2) is 13.1 Å². The topological polar surface area (TPSA) is 55.4 Å². The van der Waals surface area contributed by atoms with Crippen LogP contribution in [0.3, 0.4) is 0 Å². The van der Waals surface area contributed by atoms with Crippen LogP contribution >= 0.6 is 23.2 Å². The van der Waals surface area contributed by atoms with E-state index in [9.17, 15) is 8.42 Å². The standard InChI is InChI=1S/C15H19Cl2NO3S/c16-13-2-1-3-14(17)12(13)8-10-9-21-7-6-15(10)22(19,20)18-11-4-5-11/h1-3,10-11,15,18H,4-9H2/t10-,15-/m1/s1. The maximum absolute atomic E-state index is 12.6. The van der Waals surface area contributed by atoms with Gasteiger partial charge in [-0.3, -0.25) is 0 Å². The van der Waals surface area contributed by atoms with Crippen molar-refractivity contribution in [3.8, 4) is 0 Å². The lowest BCUT2D eigenvalue weighted by atomic mass is 9.93. The van der Waals surface area contributed by atoms with Gasteiger partial charge in [0.15, 0.2) is 0 Å². The van der Waals surface area contributed by atoms with E-state index in [1.54, 1.807) is 18.2 Å². The highest BCUT2D eigenvalue weighted by molar-refractivity contribution is 7.90. The Morgan fingerprint density at radius 1 is 1.18 bits per heavy atom. The second-order valence-electron chi connectivity index (χ2n) is 6.00. The van der Waals surface area contributed by atoms with Crippen LogP contribution in [0.5, 0.6) is 0 Å². The van der Waals surface area contributed by atoms with Gasteiger partial charge < -0.3 is 4.74 Å². The van der Waals surface area contributed by atoms with E-state index >= 15 is 0 Å². The molecule has 0 radical (unpaired) electrons. The molecule has 0 amide bonds. The van der Waals surface area contributed by atoms with Crippen molar-refractivity contribution in [3.63, 3.8) is 0 Å². The second kappa shape index (κ2) is 6.65. The lowest BCUT2D eigenvalue weighted by molar-refractivity contribution is 0.0570. The molecular formula is C15H19Cl2NO3S. The van der Waals surface area contributed by atoms with Gasteiger partial charge in [-0.1, -0.05) is 29.3 Å². The van der Waals surface area contributed by atoms with Gasteiger partial charge in [0.2, 0.25) is 10.0 Å². The number of halogens is 2. The average molecular weight is 364 g/mol. The van der Waals surface area contributed by atoms with Crippen molar-refractivity contribution in [1.82, 2.24) is 4.72 Å². The third kappa shape index (κ3) is 3.77. The molecule has 1 aliphatic carbocycles. The molecule has 0 bridgehead atoms. The van der Waals surface area contributed by atoms with Crippen molar-refractivity contribution in [1.29, 1.82) is 0 Å². The van der Waals surface area contributed by atoms with Gasteiger partial charge >= 0.3 is 0 Å². The van der Waals surface area contributed by atoms with E-state index in [2.05, 4.69) is 4.72 Å². The molecule has 2 fully saturated rings. The van der Waals surface area contributed by atoms with Gasteiger partial charge in [0.1, 0.15) is 0 Å². The molecule has 4 nitrogen and oxygen atoms in total. The normalized spacial score (nSPS) is 26.1. The van der Waals surface area contributed by atoms with Crippen LogP contribution in [-0.2, 0) is 21.2 Å². The number of hydrogen-bond acceptors (Lipinski definition) is 3. The minimum absolute atomic E-state index is 0.123. The van der Waals surface area contributed by atoms with Crippen LogP contribution in [0.4, 0.5) is 0 Å². The van der Waals surface area contributed by atoms with Crippen molar-refractivity contribution < 1.29 is 13.2 Å². The van der Waals surface area contributed by atoms with Gasteiger partial charge in [-0.15, -0.1) is 0 Å². The van der Waals surface area contributed by atoms with Gasteiger partial charge in [-0.05, 0) is 43.4 Å². The first-order valence-corrected chi connectivity index (χ1v) is 9.79. The van der Waals surface area contributed by atoms with Crippen LogP contribution < -0.4 is 4.72 Å². The molecule has 1 saturated heterocycles. The summed E-state index contributed by atoms with van der Waals surface area (Å²) in [7, 11) is -3.33. The number of sulfonamides is 1. The largest absolute Gasteiger partial charge is 0.381 e. The molecule has 22 heavy (non-hydrogen) atoms. The first-order valence-electron chi connectivity index (χ1n) is 7.49. The molecule has 1 heterocycles. The summed E-state index contributed by atoms with van der Waals surface area (Å²) in [6.07, 6.45) is 2.89. The Labute approximate surface area is 141 Å². The van der Waals surface area contributed by atoms with Crippen molar-refractivity contribution in [3.05, 3.63) is 33.8 Å². The lowest BCUT2D eigenvalue weighted by Gasteiger charge is -2.31. The van der Waals surface area contributed by atoms with Gasteiger partial charge in [0.05, 0.1) is 11.9 Å². The minimum Gasteiger partial charge on any atom is -0.381 e. The fourth-order valence-electron chi connectivity index (χ4n) is 2.89. The summed E-state index contributed by atoms with van der Waals surface area (Å²) < 4.78 is 33.4. The van der Waals surface area contributed by atoms with Gasteiger partial charge in [0.25, 0.3) is 0 Å². The number of nitrogens with one attached hydrogen (secondary N) is 1. The fraction of sp³-hybridized carbons (Fsp3) is 0.600. The molecule has 3 rings (SSSR count). The number of ether oxygens (including phenoxy) is 1. The smallest absolute Gasteiger partial charge is 0.215 e. The van der Waals surface area contributed by atoms with Crippen LogP contribution in [0.1, 0.15) is 24.8 Å². The van der Waals surface area contributed by atoms with Crippen molar-refractivity contribution in [2.45, 2.75) is 37.0 Å². The SMILES string of the molecule is O=S(=O)(NC1CC1)[C@@H]1CCOC[C@H]1Cc1c(Cl)cccc1Cl. The third-order valence-corrected chi connectivity index (χ3v) is 7.03. The molecule has 1 saturated carbocycles. The molecular weight excluding hydrogens is 345 g/mol. The van der Waals surface area contributed by atoms with Crippen molar-refractivity contribution in [2.24, 2.45) is 5.92 Å². The lowest BCUT2D eigenvalue weighted by Crippen LogP contribution is -2.45. The minimum atomic E-state index is -3.33. The van der Waals surface area contributed by atoms with Crippen LogP contribution in [-0.4, -0.2) is 32.9 Å². The monoisotopic (exact) mass is 363 g/mol. The van der Waals surface area contributed by atoms with Crippen LogP contribution in [0.15, 0.2) is 18.2 Å². The van der Waals surface area contributed by atoms with Crippen LogP contribution in [0, 0.1) is 5.92 Å². The highest BCUT2D eigenvalue weighted by atomic mass is 35.5. The number of rotatable bonds is 5. The molecule has 7 heteroatoms. The van der Waals surface area contributed by atoms with E-state index in [0.29, 0.717) is 36.1 Å². The molecule has 0 aromatic heterocycles. The number of benzene rings is 1. The summed E-state index contributed by atoms with van der Waals surface area (Å²) in [6, 6.07) is 5.46. The van der Waals surface area contributed by atoms with Crippen LogP contribution in [0.2, 0.25) is 10.0 Å². The predicted octanol–water partition coefficient (Wildman–Crippen LogP) is 3.02. The molecule has 0 spiro atoms. The fourth-order valence-corrected chi connectivity index (χ4v) is 5.40. The molecule has 1 aromatic rings. The van der Waals surface area contributed by atoms with E-state index in [4.69, 9.17) is 27.9 Å². The molecule has 1 aromatic carbocycles. The Kier molecular flexibility index (Phi) is 5.00. The number of hydrogen-bond donors (Lipinski definition) is 1. The first kappa shape index (κ1) is 16.5. The Balaban J connectivity index is 1.80. The zero-order valence-electron chi connectivity index (χ0n) is 12.1. The third-order valence-electron chi connectivity index (χ3n) is 4.24.